The summed E-state index contributed by atoms with van der Waals surface area (Å²) < 4.78 is 20.4. The molecule has 1 saturated carbocycles. The van der Waals surface area contributed by atoms with E-state index in [9.17, 15) is 14.0 Å². The molecule has 0 bridgehead atoms. The molecule has 25 heavy (non-hydrogen) atoms. The molecule has 0 saturated heterocycles. The number of hydrogen-bond acceptors (Lipinski definition) is 3. The Morgan fingerprint density at radius 1 is 1.16 bits per heavy atom. The number of rotatable bonds is 5. The van der Waals surface area contributed by atoms with Gasteiger partial charge in [-0.1, -0.05) is 30.3 Å². The average molecular weight is 340 g/mol. The van der Waals surface area contributed by atoms with Gasteiger partial charge >= 0.3 is 5.76 Å². The van der Waals surface area contributed by atoms with Crippen molar-refractivity contribution >= 4 is 17.0 Å². The first-order valence-electron chi connectivity index (χ1n) is 8.25. The number of oxazole rings is 1. The standard InChI is InChI=1S/C19H17FN2O3/c20-15-6-2-1-5-13(15)11-21(14-9-10-14)18(23)12-22-16-7-3-4-8-17(16)25-19(22)24/h1-8,14H,9-12H2. The minimum Gasteiger partial charge on any atom is -0.408 e. The van der Waals surface area contributed by atoms with Crippen LogP contribution in [0.15, 0.2) is 57.7 Å². The van der Waals surface area contributed by atoms with Gasteiger partial charge in [0.25, 0.3) is 0 Å². The summed E-state index contributed by atoms with van der Waals surface area (Å²) in [6.07, 6.45) is 1.81. The van der Waals surface area contributed by atoms with Crippen LogP contribution in [0.1, 0.15) is 18.4 Å². The molecule has 1 aliphatic rings. The fourth-order valence-electron chi connectivity index (χ4n) is 3.01. The predicted octanol–water partition coefficient (Wildman–Crippen LogP) is 2.92. The average Bonchev–Trinajstić information content (AvgIpc) is 3.39. The van der Waals surface area contributed by atoms with E-state index in [0.717, 1.165) is 12.8 Å². The quantitative estimate of drug-likeness (QED) is 0.718. The summed E-state index contributed by atoms with van der Waals surface area (Å²) in [6, 6.07) is 13.5. The maximum absolute atomic E-state index is 13.9. The van der Waals surface area contributed by atoms with Gasteiger partial charge < -0.3 is 9.32 Å². The van der Waals surface area contributed by atoms with E-state index in [-0.39, 0.29) is 30.9 Å². The lowest BCUT2D eigenvalue weighted by atomic mass is 10.2. The largest absolute Gasteiger partial charge is 0.420 e. The van der Waals surface area contributed by atoms with Crippen LogP contribution in [0.4, 0.5) is 4.39 Å². The van der Waals surface area contributed by atoms with E-state index in [1.807, 2.05) is 0 Å². The summed E-state index contributed by atoms with van der Waals surface area (Å²) in [4.78, 5) is 26.5. The van der Waals surface area contributed by atoms with Gasteiger partial charge in [-0.25, -0.2) is 9.18 Å². The predicted molar refractivity (Wildman–Crippen MR) is 90.4 cm³/mol. The first kappa shape index (κ1) is 15.6. The van der Waals surface area contributed by atoms with Crippen LogP contribution >= 0.6 is 0 Å². The summed E-state index contributed by atoms with van der Waals surface area (Å²) in [5.74, 6) is -1.09. The Bertz CT molecular complexity index is 987. The molecule has 1 aromatic heterocycles. The van der Waals surface area contributed by atoms with Crippen molar-refractivity contribution in [2.24, 2.45) is 0 Å². The summed E-state index contributed by atoms with van der Waals surface area (Å²) in [5, 5.41) is 0. The number of fused-ring (bicyclic) bond motifs is 1. The minimum absolute atomic E-state index is 0.110. The van der Waals surface area contributed by atoms with E-state index in [1.165, 1.54) is 10.6 Å². The molecule has 1 heterocycles. The van der Waals surface area contributed by atoms with E-state index in [0.29, 0.717) is 16.7 Å². The molecule has 2 aromatic carbocycles. The SMILES string of the molecule is O=C(Cn1c(=O)oc2ccccc21)N(Cc1ccccc1F)C1CC1. The van der Waals surface area contributed by atoms with Crippen molar-refractivity contribution in [1.82, 2.24) is 9.47 Å². The second-order valence-electron chi connectivity index (χ2n) is 6.27. The van der Waals surface area contributed by atoms with Gasteiger partial charge in [-0.2, -0.15) is 0 Å². The van der Waals surface area contributed by atoms with Gasteiger partial charge in [0.15, 0.2) is 5.58 Å². The third-order valence-corrected chi connectivity index (χ3v) is 4.47. The van der Waals surface area contributed by atoms with Gasteiger partial charge in [0, 0.05) is 18.2 Å². The number of nitrogens with zero attached hydrogens (tertiary/aromatic N) is 2. The summed E-state index contributed by atoms with van der Waals surface area (Å²) in [6.45, 7) is 0.0987. The van der Waals surface area contributed by atoms with Gasteiger partial charge in [-0.05, 0) is 31.0 Å². The molecule has 0 radical (unpaired) electrons. The molecule has 0 aliphatic heterocycles. The van der Waals surface area contributed by atoms with Crippen LogP contribution in [0, 0.1) is 5.82 Å². The Balaban J connectivity index is 1.60. The Morgan fingerprint density at radius 2 is 1.88 bits per heavy atom. The van der Waals surface area contributed by atoms with Crippen molar-refractivity contribution in [2.45, 2.75) is 32.0 Å². The van der Waals surface area contributed by atoms with E-state index < -0.39 is 5.76 Å². The fraction of sp³-hybridized carbons (Fsp3) is 0.263. The zero-order chi connectivity index (χ0) is 17.4. The zero-order valence-corrected chi connectivity index (χ0v) is 13.5. The van der Waals surface area contributed by atoms with Gasteiger partial charge in [0.05, 0.1) is 5.52 Å². The molecule has 6 heteroatoms. The van der Waals surface area contributed by atoms with Crippen molar-refractivity contribution in [1.29, 1.82) is 0 Å². The summed E-state index contributed by atoms with van der Waals surface area (Å²) in [7, 11) is 0. The van der Waals surface area contributed by atoms with Crippen LogP contribution in [-0.2, 0) is 17.9 Å². The molecule has 3 aromatic rings. The minimum atomic E-state index is -0.559. The summed E-state index contributed by atoms with van der Waals surface area (Å²) in [5.41, 5.74) is 1.52. The highest BCUT2D eigenvalue weighted by molar-refractivity contribution is 5.80. The number of hydrogen-bond donors (Lipinski definition) is 0. The lowest BCUT2D eigenvalue weighted by Crippen LogP contribution is -2.37. The molecular formula is C19H17FN2O3. The van der Waals surface area contributed by atoms with E-state index in [1.54, 1.807) is 47.4 Å². The molecule has 1 amide bonds. The molecule has 128 valence electrons. The van der Waals surface area contributed by atoms with Crippen LogP contribution in [-0.4, -0.2) is 21.4 Å². The normalized spacial score (nSPS) is 14.0. The number of para-hydroxylation sites is 2. The lowest BCUT2D eigenvalue weighted by molar-refractivity contribution is -0.133. The first-order chi connectivity index (χ1) is 12.1. The van der Waals surface area contributed by atoms with Crippen LogP contribution in [0.3, 0.4) is 0 Å². The van der Waals surface area contributed by atoms with Crippen LogP contribution < -0.4 is 5.76 Å². The Morgan fingerprint density at radius 3 is 2.64 bits per heavy atom. The molecular weight excluding hydrogens is 323 g/mol. The highest BCUT2D eigenvalue weighted by Crippen LogP contribution is 2.29. The molecule has 1 aliphatic carbocycles. The maximum Gasteiger partial charge on any atom is 0.420 e. The van der Waals surface area contributed by atoms with Crippen LogP contribution in [0.2, 0.25) is 0 Å². The molecule has 0 atom stereocenters. The topological polar surface area (TPSA) is 55.5 Å². The van der Waals surface area contributed by atoms with Crippen LogP contribution in [0.25, 0.3) is 11.1 Å². The molecule has 5 nitrogen and oxygen atoms in total. The first-order valence-corrected chi connectivity index (χ1v) is 8.25. The molecule has 1 fully saturated rings. The third kappa shape index (κ3) is 3.07. The molecule has 0 spiro atoms. The van der Waals surface area contributed by atoms with Gasteiger partial charge in [-0.3, -0.25) is 9.36 Å². The second-order valence-corrected chi connectivity index (χ2v) is 6.27. The van der Waals surface area contributed by atoms with E-state index in [2.05, 4.69) is 0 Å². The number of carbonyl (C=O) groups excluding carboxylic acids is 1. The second kappa shape index (κ2) is 6.20. The van der Waals surface area contributed by atoms with Crippen molar-refractivity contribution < 1.29 is 13.6 Å². The fourth-order valence-corrected chi connectivity index (χ4v) is 3.01. The number of benzene rings is 2. The number of aromatic nitrogens is 1. The zero-order valence-electron chi connectivity index (χ0n) is 13.5. The lowest BCUT2D eigenvalue weighted by Gasteiger charge is -2.23. The number of carbonyl (C=O) groups is 1. The van der Waals surface area contributed by atoms with E-state index >= 15 is 0 Å². The Labute approximate surface area is 143 Å². The maximum atomic E-state index is 13.9. The number of halogens is 1. The van der Waals surface area contributed by atoms with Crippen molar-refractivity contribution in [3.63, 3.8) is 0 Å². The molecule has 0 unspecified atom stereocenters. The Hall–Kier alpha value is -2.89. The number of amides is 1. The van der Waals surface area contributed by atoms with E-state index in [4.69, 9.17) is 4.42 Å². The monoisotopic (exact) mass is 340 g/mol. The van der Waals surface area contributed by atoms with Crippen molar-refractivity contribution in [3.8, 4) is 0 Å². The smallest absolute Gasteiger partial charge is 0.408 e. The van der Waals surface area contributed by atoms with Gasteiger partial charge in [0.2, 0.25) is 5.91 Å². The Kier molecular flexibility index (Phi) is 3.87. The molecule has 4 rings (SSSR count). The van der Waals surface area contributed by atoms with Gasteiger partial charge in [-0.15, -0.1) is 0 Å². The highest BCUT2D eigenvalue weighted by atomic mass is 19.1. The third-order valence-electron chi connectivity index (χ3n) is 4.47. The van der Waals surface area contributed by atoms with Crippen molar-refractivity contribution in [3.05, 3.63) is 70.5 Å². The summed E-state index contributed by atoms with van der Waals surface area (Å²) >= 11 is 0. The van der Waals surface area contributed by atoms with Gasteiger partial charge in [0.1, 0.15) is 12.4 Å². The van der Waals surface area contributed by atoms with Crippen molar-refractivity contribution in [2.75, 3.05) is 0 Å². The highest BCUT2D eigenvalue weighted by Gasteiger charge is 2.33. The molecule has 0 N–H and O–H groups in total. The van der Waals surface area contributed by atoms with Crippen LogP contribution in [0.5, 0.6) is 0 Å².